The summed E-state index contributed by atoms with van der Waals surface area (Å²) in [4.78, 5) is 23.7. The van der Waals surface area contributed by atoms with Crippen LogP contribution in [0.3, 0.4) is 0 Å². The van der Waals surface area contributed by atoms with Crippen molar-refractivity contribution in [3.8, 4) is 0 Å². The largest absolute Gasteiger partial charge is 0.385 e. The molecule has 3 N–H and O–H groups in total. The van der Waals surface area contributed by atoms with Crippen molar-refractivity contribution in [2.24, 2.45) is 0 Å². The maximum absolute atomic E-state index is 12.2. The van der Waals surface area contributed by atoms with Gasteiger partial charge in [-0.3, -0.25) is 4.79 Å². The third-order valence-corrected chi connectivity index (χ3v) is 7.24. The molecular formula is C24H27N7O2. The molecule has 2 aliphatic heterocycles. The van der Waals surface area contributed by atoms with Crippen LogP contribution >= 0.6 is 0 Å². The minimum atomic E-state index is -0.669. The summed E-state index contributed by atoms with van der Waals surface area (Å²) in [7, 11) is 0. The molecule has 3 aromatic rings. The molecule has 170 valence electrons. The van der Waals surface area contributed by atoms with Crippen molar-refractivity contribution in [1.82, 2.24) is 19.6 Å². The minimum Gasteiger partial charge on any atom is -0.385 e. The van der Waals surface area contributed by atoms with Gasteiger partial charge in [0.2, 0.25) is 11.9 Å². The van der Waals surface area contributed by atoms with E-state index in [0.29, 0.717) is 24.6 Å². The molecule has 0 unspecified atom stereocenters. The van der Waals surface area contributed by atoms with E-state index in [2.05, 4.69) is 31.7 Å². The number of nitrogens with zero attached hydrogens (tertiary/aromatic N) is 5. The SMILES string of the molecule is CC1(C)C(=O)Nc2cc(Nc3nc4c(N5CC[C@@]6(O)CCCC=C6C5)nccn4n3)ccc21. The number of carbonyl (C=O) groups is 1. The van der Waals surface area contributed by atoms with Gasteiger partial charge in [-0.15, -0.1) is 5.10 Å². The number of aliphatic hydroxyl groups is 1. The molecule has 9 nitrogen and oxygen atoms in total. The number of amides is 1. The van der Waals surface area contributed by atoms with Gasteiger partial charge >= 0.3 is 0 Å². The van der Waals surface area contributed by atoms with Crippen LogP contribution in [-0.2, 0) is 10.2 Å². The fraction of sp³-hybridized carbons (Fsp3) is 0.417. The number of allylic oxidation sites excluding steroid dienone is 1. The predicted octanol–water partition coefficient (Wildman–Crippen LogP) is 3.15. The van der Waals surface area contributed by atoms with Gasteiger partial charge in [0.1, 0.15) is 0 Å². The van der Waals surface area contributed by atoms with Gasteiger partial charge in [-0.1, -0.05) is 12.1 Å². The average molecular weight is 446 g/mol. The third-order valence-electron chi connectivity index (χ3n) is 7.24. The van der Waals surface area contributed by atoms with Gasteiger partial charge < -0.3 is 20.6 Å². The molecule has 0 bridgehead atoms. The Kier molecular flexibility index (Phi) is 4.29. The number of hydrogen-bond acceptors (Lipinski definition) is 7. The Morgan fingerprint density at radius 1 is 1.24 bits per heavy atom. The van der Waals surface area contributed by atoms with Crippen LogP contribution in [0.25, 0.3) is 5.65 Å². The van der Waals surface area contributed by atoms with E-state index in [1.807, 2.05) is 32.0 Å². The van der Waals surface area contributed by atoms with Crippen LogP contribution in [0, 0.1) is 0 Å². The van der Waals surface area contributed by atoms with Crippen molar-refractivity contribution in [3.05, 3.63) is 47.8 Å². The van der Waals surface area contributed by atoms with E-state index in [1.54, 1.807) is 16.9 Å². The summed E-state index contributed by atoms with van der Waals surface area (Å²) in [6.07, 6.45) is 9.27. The van der Waals surface area contributed by atoms with E-state index in [0.717, 1.165) is 54.1 Å². The fourth-order valence-corrected chi connectivity index (χ4v) is 5.18. The predicted molar refractivity (Wildman–Crippen MR) is 126 cm³/mol. The summed E-state index contributed by atoms with van der Waals surface area (Å²) in [5, 5.41) is 21.7. The molecule has 1 aliphatic carbocycles. The second-order valence-corrected chi connectivity index (χ2v) is 9.74. The molecule has 9 heteroatoms. The van der Waals surface area contributed by atoms with Gasteiger partial charge in [-0.05, 0) is 62.8 Å². The maximum Gasteiger partial charge on any atom is 0.247 e. The highest BCUT2D eigenvalue weighted by Crippen LogP contribution is 2.40. The topological polar surface area (TPSA) is 108 Å². The van der Waals surface area contributed by atoms with Gasteiger partial charge in [-0.25, -0.2) is 9.50 Å². The lowest BCUT2D eigenvalue weighted by molar-refractivity contribution is -0.119. The molecule has 1 amide bonds. The smallest absolute Gasteiger partial charge is 0.247 e. The van der Waals surface area contributed by atoms with Crippen LogP contribution in [0.2, 0.25) is 0 Å². The number of benzene rings is 1. The Balaban J connectivity index is 1.28. The Bertz CT molecular complexity index is 1310. The highest BCUT2D eigenvalue weighted by Gasteiger charge is 2.39. The number of rotatable bonds is 3. The lowest BCUT2D eigenvalue weighted by Gasteiger charge is -2.42. The molecule has 0 radical (unpaired) electrons. The molecule has 3 aliphatic rings. The summed E-state index contributed by atoms with van der Waals surface area (Å²) in [6, 6.07) is 5.81. The zero-order valence-electron chi connectivity index (χ0n) is 18.8. The van der Waals surface area contributed by atoms with Crippen LogP contribution in [0.1, 0.15) is 45.1 Å². The molecule has 33 heavy (non-hydrogen) atoms. The van der Waals surface area contributed by atoms with E-state index in [1.165, 1.54) is 0 Å². The molecule has 0 saturated carbocycles. The molecule has 1 fully saturated rings. The molecular weight excluding hydrogens is 418 g/mol. The highest BCUT2D eigenvalue weighted by molar-refractivity contribution is 6.06. The van der Waals surface area contributed by atoms with Crippen molar-refractivity contribution in [2.75, 3.05) is 28.6 Å². The quantitative estimate of drug-likeness (QED) is 0.532. The zero-order valence-corrected chi connectivity index (χ0v) is 18.8. The highest BCUT2D eigenvalue weighted by atomic mass is 16.3. The van der Waals surface area contributed by atoms with E-state index in [4.69, 9.17) is 4.98 Å². The van der Waals surface area contributed by atoms with Crippen LogP contribution < -0.4 is 15.5 Å². The number of carbonyl (C=O) groups excluding carboxylic acids is 1. The summed E-state index contributed by atoms with van der Waals surface area (Å²) < 4.78 is 1.72. The van der Waals surface area contributed by atoms with Gasteiger partial charge in [0.15, 0.2) is 11.5 Å². The van der Waals surface area contributed by atoms with Crippen molar-refractivity contribution < 1.29 is 9.90 Å². The molecule has 1 atom stereocenters. The monoisotopic (exact) mass is 445 g/mol. The molecule has 1 saturated heterocycles. The van der Waals surface area contributed by atoms with Gasteiger partial charge in [0, 0.05) is 36.9 Å². The van der Waals surface area contributed by atoms with E-state index < -0.39 is 11.0 Å². The second kappa shape index (κ2) is 7.02. The van der Waals surface area contributed by atoms with E-state index >= 15 is 0 Å². The van der Waals surface area contributed by atoms with Gasteiger partial charge in [0.25, 0.3) is 0 Å². The number of hydrogen-bond donors (Lipinski definition) is 3. The summed E-state index contributed by atoms with van der Waals surface area (Å²) in [5.41, 5.74) is 3.13. The third kappa shape index (κ3) is 3.18. The normalized spacial score (nSPS) is 23.7. The first-order chi connectivity index (χ1) is 15.8. The first kappa shape index (κ1) is 20.2. The van der Waals surface area contributed by atoms with Crippen LogP contribution in [0.15, 0.2) is 42.2 Å². The first-order valence-corrected chi connectivity index (χ1v) is 11.4. The zero-order chi connectivity index (χ0) is 22.8. The van der Waals surface area contributed by atoms with Gasteiger partial charge in [-0.2, -0.15) is 4.98 Å². The Labute approximate surface area is 191 Å². The van der Waals surface area contributed by atoms with Crippen LogP contribution in [0.4, 0.5) is 23.1 Å². The molecule has 6 rings (SSSR count). The van der Waals surface area contributed by atoms with Crippen molar-refractivity contribution in [2.45, 2.75) is 50.5 Å². The fourth-order valence-electron chi connectivity index (χ4n) is 5.18. The number of piperidine rings is 1. The van der Waals surface area contributed by atoms with Crippen molar-refractivity contribution in [1.29, 1.82) is 0 Å². The first-order valence-electron chi connectivity index (χ1n) is 11.4. The second-order valence-electron chi connectivity index (χ2n) is 9.74. The summed E-state index contributed by atoms with van der Waals surface area (Å²) in [5.74, 6) is 1.21. The maximum atomic E-state index is 12.2. The minimum absolute atomic E-state index is 0.00210. The number of aromatic nitrogens is 4. The Morgan fingerprint density at radius 3 is 3.00 bits per heavy atom. The molecule has 1 aromatic carbocycles. The number of fused-ring (bicyclic) bond motifs is 3. The van der Waals surface area contributed by atoms with Crippen molar-refractivity contribution in [3.63, 3.8) is 0 Å². The van der Waals surface area contributed by atoms with Crippen LogP contribution in [0.5, 0.6) is 0 Å². The average Bonchev–Trinajstić information content (AvgIpc) is 3.30. The van der Waals surface area contributed by atoms with E-state index in [9.17, 15) is 9.90 Å². The molecule has 0 spiro atoms. The summed E-state index contributed by atoms with van der Waals surface area (Å²) in [6.45, 7) is 5.21. The summed E-state index contributed by atoms with van der Waals surface area (Å²) >= 11 is 0. The lowest BCUT2D eigenvalue weighted by Crippen LogP contribution is -2.48. The molecule has 4 heterocycles. The van der Waals surface area contributed by atoms with Crippen LogP contribution in [-0.4, -0.2) is 49.3 Å². The van der Waals surface area contributed by atoms with Gasteiger partial charge in [0.05, 0.1) is 11.0 Å². The lowest BCUT2D eigenvalue weighted by atomic mass is 9.78. The van der Waals surface area contributed by atoms with Crippen molar-refractivity contribution >= 4 is 34.7 Å². The Morgan fingerprint density at radius 2 is 2.12 bits per heavy atom. The molecule has 2 aromatic heterocycles. The van der Waals surface area contributed by atoms with E-state index in [-0.39, 0.29) is 5.91 Å². The Hall–Kier alpha value is -3.46. The number of nitrogens with one attached hydrogen (secondary N) is 2. The number of anilines is 4. The standard InChI is InChI=1S/C24H27N7O2/c1-23(2)17-7-6-16(13-18(17)27-21(23)32)26-22-28-20-19(25-10-12-31(20)29-22)30-11-9-24(33)8-4-3-5-15(24)14-30/h5-7,10,12-13,33H,3-4,8-9,11,14H2,1-2H3,(H,26,29)(H,27,32)/t24-/m0/s1.